The van der Waals surface area contributed by atoms with Crippen molar-refractivity contribution in [3.63, 3.8) is 0 Å². The van der Waals surface area contributed by atoms with Gasteiger partial charge in [0.05, 0.1) is 28.4 Å². The van der Waals surface area contributed by atoms with Crippen molar-refractivity contribution in [2.45, 2.75) is 12.3 Å². The van der Waals surface area contributed by atoms with E-state index >= 15 is 0 Å². The maximum atomic E-state index is 13.1. The Kier molecular flexibility index (Phi) is 6.64. The van der Waals surface area contributed by atoms with Crippen LogP contribution in [0.2, 0.25) is 0 Å². The summed E-state index contributed by atoms with van der Waals surface area (Å²) in [6.07, 6.45) is 0. The summed E-state index contributed by atoms with van der Waals surface area (Å²) >= 11 is 1.68. The number of benzene rings is 2. The van der Waals surface area contributed by atoms with Gasteiger partial charge in [0.1, 0.15) is 16.9 Å². The van der Waals surface area contributed by atoms with Crippen LogP contribution in [0.25, 0.3) is 0 Å². The standard InChI is InChI=1S/C21H26N2O5S/c1-13-10-14(25-2)6-7-16(13)22-21(24)23-8-9-29-20(23)15-11-18(27-4)19(28-5)12-17(15)26-3/h6-7,10-12,20H,8-9H2,1-5H3,(H,22,24). The van der Waals surface area contributed by atoms with E-state index in [1.807, 2.05) is 31.2 Å². The number of urea groups is 1. The highest BCUT2D eigenvalue weighted by molar-refractivity contribution is 7.99. The van der Waals surface area contributed by atoms with Gasteiger partial charge in [-0.1, -0.05) is 0 Å². The first-order valence-electron chi connectivity index (χ1n) is 9.16. The third-order valence-corrected chi connectivity index (χ3v) is 6.07. The molecule has 3 rings (SSSR count). The maximum absolute atomic E-state index is 13.1. The first kappa shape index (κ1) is 21.0. The van der Waals surface area contributed by atoms with E-state index in [1.54, 1.807) is 51.2 Å². The Balaban J connectivity index is 1.87. The Morgan fingerprint density at radius 2 is 1.69 bits per heavy atom. The molecule has 2 aromatic rings. The molecule has 1 aliphatic heterocycles. The number of amides is 2. The molecule has 0 radical (unpaired) electrons. The summed E-state index contributed by atoms with van der Waals surface area (Å²) in [6, 6.07) is 9.07. The fourth-order valence-electron chi connectivity index (χ4n) is 3.27. The number of hydrogen-bond donors (Lipinski definition) is 1. The van der Waals surface area contributed by atoms with E-state index in [0.717, 1.165) is 28.3 Å². The molecular formula is C21H26N2O5S. The number of carbonyl (C=O) groups is 1. The Labute approximate surface area is 175 Å². The number of nitrogens with zero attached hydrogens (tertiary/aromatic N) is 1. The predicted molar refractivity (Wildman–Crippen MR) is 115 cm³/mol. The molecule has 2 aromatic carbocycles. The van der Waals surface area contributed by atoms with Crippen LogP contribution < -0.4 is 24.3 Å². The van der Waals surface area contributed by atoms with Gasteiger partial charge in [-0.05, 0) is 36.8 Å². The van der Waals surface area contributed by atoms with Crippen LogP contribution in [-0.4, -0.2) is 51.7 Å². The fourth-order valence-corrected chi connectivity index (χ4v) is 4.54. The predicted octanol–water partition coefficient (Wildman–Crippen LogP) is 4.31. The molecule has 8 heteroatoms. The number of rotatable bonds is 6. The summed E-state index contributed by atoms with van der Waals surface area (Å²) in [5.74, 6) is 3.42. The van der Waals surface area contributed by atoms with Gasteiger partial charge in [0.2, 0.25) is 0 Å². The highest BCUT2D eigenvalue weighted by atomic mass is 32.2. The van der Waals surface area contributed by atoms with Crippen molar-refractivity contribution in [3.8, 4) is 23.0 Å². The SMILES string of the molecule is COc1ccc(NC(=O)N2CCSC2c2cc(OC)c(OC)cc2OC)c(C)c1. The zero-order chi connectivity index (χ0) is 21.0. The van der Waals surface area contributed by atoms with Crippen molar-refractivity contribution in [2.75, 3.05) is 46.1 Å². The lowest BCUT2D eigenvalue weighted by Gasteiger charge is -2.26. The van der Waals surface area contributed by atoms with Gasteiger partial charge in [0.15, 0.2) is 11.5 Å². The van der Waals surface area contributed by atoms with E-state index < -0.39 is 0 Å². The van der Waals surface area contributed by atoms with E-state index in [0.29, 0.717) is 23.8 Å². The molecule has 7 nitrogen and oxygen atoms in total. The summed E-state index contributed by atoms with van der Waals surface area (Å²) in [5.41, 5.74) is 2.56. The number of carbonyl (C=O) groups excluding carboxylic acids is 1. The molecule has 156 valence electrons. The lowest BCUT2D eigenvalue weighted by Crippen LogP contribution is -2.34. The number of methoxy groups -OCH3 is 4. The largest absolute Gasteiger partial charge is 0.497 e. The van der Waals surface area contributed by atoms with Crippen molar-refractivity contribution in [1.29, 1.82) is 0 Å². The third-order valence-electron chi connectivity index (χ3n) is 4.83. The molecule has 1 unspecified atom stereocenters. The Morgan fingerprint density at radius 1 is 1.00 bits per heavy atom. The molecule has 0 bridgehead atoms. The van der Waals surface area contributed by atoms with Crippen LogP contribution in [0.3, 0.4) is 0 Å². The smallest absolute Gasteiger partial charge is 0.323 e. The zero-order valence-corrected chi connectivity index (χ0v) is 18.1. The van der Waals surface area contributed by atoms with Crippen molar-refractivity contribution < 1.29 is 23.7 Å². The fraction of sp³-hybridized carbons (Fsp3) is 0.381. The van der Waals surface area contributed by atoms with Crippen LogP contribution in [0.1, 0.15) is 16.5 Å². The van der Waals surface area contributed by atoms with Gasteiger partial charge >= 0.3 is 6.03 Å². The van der Waals surface area contributed by atoms with Crippen molar-refractivity contribution >= 4 is 23.5 Å². The monoisotopic (exact) mass is 418 g/mol. The van der Waals surface area contributed by atoms with Crippen LogP contribution in [0.15, 0.2) is 30.3 Å². The minimum Gasteiger partial charge on any atom is -0.497 e. The quantitative estimate of drug-likeness (QED) is 0.754. The first-order chi connectivity index (χ1) is 14.0. The van der Waals surface area contributed by atoms with Gasteiger partial charge in [0.25, 0.3) is 0 Å². The molecule has 1 heterocycles. The number of ether oxygens (including phenoxy) is 4. The first-order valence-corrected chi connectivity index (χ1v) is 10.2. The lowest BCUT2D eigenvalue weighted by molar-refractivity contribution is 0.213. The van der Waals surface area contributed by atoms with E-state index in [4.69, 9.17) is 18.9 Å². The molecule has 1 N–H and O–H groups in total. The topological polar surface area (TPSA) is 69.3 Å². The van der Waals surface area contributed by atoms with Crippen molar-refractivity contribution in [2.24, 2.45) is 0 Å². The number of thioether (sulfide) groups is 1. The van der Waals surface area contributed by atoms with Crippen LogP contribution in [0.4, 0.5) is 10.5 Å². The van der Waals surface area contributed by atoms with Gasteiger partial charge in [0, 0.05) is 29.6 Å². The molecule has 1 saturated heterocycles. The molecule has 29 heavy (non-hydrogen) atoms. The van der Waals surface area contributed by atoms with E-state index in [9.17, 15) is 4.79 Å². The molecule has 0 saturated carbocycles. The third kappa shape index (κ3) is 4.32. The van der Waals surface area contributed by atoms with E-state index in [-0.39, 0.29) is 11.4 Å². The summed E-state index contributed by atoms with van der Waals surface area (Å²) in [5, 5.41) is 2.82. The minimum atomic E-state index is -0.191. The van der Waals surface area contributed by atoms with E-state index in [1.165, 1.54) is 0 Å². The molecule has 0 spiro atoms. The highest BCUT2D eigenvalue weighted by Crippen LogP contribution is 2.46. The summed E-state index contributed by atoms with van der Waals surface area (Å²) < 4.78 is 21.6. The summed E-state index contributed by atoms with van der Waals surface area (Å²) in [6.45, 7) is 2.57. The Hall–Kier alpha value is -2.74. The number of hydrogen-bond acceptors (Lipinski definition) is 6. The van der Waals surface area contributed by atoms with Crippen molar-refractivity contribution in [1.82, 2.24) is 4.90 Å². The average molecular weight is 419 g/mol. The van der Waals surface area contributed by atoms with Gasteiger partial charge in [-0.2, -0.15) is 0 Å². The van der Waals surface area contributed by atoms with Crippen LogP contribution in [0, 0.1) is 6.92 Å². The summed E-state index contributed by atoms with van der Waals surface area (Å²) in [7, 11) is 6.40. The molecule has 1 atom stereocenters. The molecular weight excluding hydrogens is 392 g/mol. The van der Waals surface area contributed by atoms with Gasteiger partial charge in [-0.3, -0.25) is 0 Å². The van der Waals surface area contributed by atoms with Gasteiger partial charge in [-0.25, -0.2) is 4.79 Å². The van der Waals surface area contributed by atoms with Crippen molar-refractivity contribution in [3.05, 3.63) is 41.5 Å². The number of anilines is 1. The molecule has 1 aliphatic rings. The van der Waals surface area contributed by atoms with Crippen LogP contribution >= 0.6 is 11.8 Å². The lowest BCUT2D eigenvalue weighted by atomic mass is 10.1. The van der Waals surface area contributed by atoms with E-state index in [2.05, 4.69) is 5.32 Å². The molecule has 0 aromatic heterocycles. The normalized spacial score (nSPS) is 15.8. The maximum Gasteiger partial charge on any atom is 0.323 e. The summed E-state index contributed by atoms with van der Waals surface area (Å²) in [4.78, 5) is 14.9. The minimum absolute atomic E-state index is 0.162. The molecule has 1 fully saturated rings. The highest BCUT2D eigenvalue weighted by Gasteiger charge is 2.34. The molecule has 2 amide bonds. The molecule has 0 aliphatic carbocycles. The second-order valence-corrected chi connectivity index (χ2v) is 7.66. The van der Waals surface area contributed by atoms with Gasteiger partial charge in [-0.15, -0.1) is 11.8 Å². The van der Waals surface area contributed by atoms with Crippen LogP contribution in [-0.2, 0) is 0 Å². The number of nitrogens with one attached hydrogen (secondary N) is 1. The Morgan fingerprint density at radius 3 is 2.31 bits per heavy atom. The zero-order valence-electron chi connectivity index (χ0n) is 17.3. The Bertz CT molecular complexity index is 890. The van der Waals surface area contributed by atoms with Gasteiger partial charge < -0.3 is 29.2 Å². The second-order valence-electron chi connectivity index (χ2n) is 6.48. The van der Waals surface area contributed by atoms with Crippen LogP contribution in [0.5, 0.6) is 23.0 Å². The second kappa shape index (κ2) is 9.17. The average Bonchev–Trinajstić information content (AvgIpc) is 3.23. The number of aryl methyl sites for hydroxylation is 1.